The topological polar surface area (TPSA) is 71.6 Å². The molecule has 1 fully saturated rings. The highest BCUT2D eigenvalue weighted by molar-refractivity contribution is 9.10. The van der Waals surface area contributed by atoms with E-state index in [2.05, 4.69) is 36.0 Å². The van der Waals surface area contributed by atoms with Gasteiger partial charge in [0, 0.05) is 57.7 Å². The first-order chi connectivity index (χ1) is 16.4. The van der Waals surface area contributed by atoms with Crippen LogP contribution in [0.25, 0.3) is 17.0 Å². The molecule has 0 aliphatic carbocycles. The number of aromatic nitrogens is 5. The number of piperazine rings is 1. The van der Waals surface area contributed by atoms with Crippen LogP contribution in [0.15, 0.2) is 47.2 Å². The van der Waals surface area contributed by atoms with E-state index < -0.39 is 0 Å². The summed E-state index contributed by atoms with van der Waals surface area (Å²) in [6.45, 7) is 6.34. The number of rotatable bonds is 5. The molecule has 0 atom stereocenters. The lowest BCUT2D eigenvalue weighted by Crippen LogP contribution is -2.48. The Labute approximate surface area is 215 Å². The second-order valence-corrected chi connectivity index (χ2v) is 9.80. The first-order valence-corrected chi connectivity index (χ1v) is 12.5. The molecule has 1 aliphatic rings. The van der Waals surface area contributed by atoms with Crippen LogP contribution < -0.4 is 0 Å². The second-order valence-electron chi connectivity index (χ2n) is 8.13. The summed E-state index contributed by atoms with van der Waals surface area (Å²) in [4.78, 5) is 21.8. The van der Waals surface area contributed by atoms with Crippen LogP contribution in [-0.2, 0) is 13.1 Å². The molecule has 1 saturated heterocycles. The number of fused-ring (bicyclic) bond motifs is 1. The maximum atomic E-state index is 13.2. The van der Waals surface area contributed by atoms with Gasteiger partial charge in [0.25, 0.3) is 5.91 Å². The van der Waals surface area contributed by atoms with Crippen molar-refractivity contribution in [3.8, 4) is 11.4 Å². The summed E-state index contributed by atoms with van der Waals surface area (Å²) < 4.78 is 4.39. The third kappa shape index (κ3) is 4.57. The van der Waals surface area contributed by atoms with Crippen molar-refractivity contribution < 1.29 is 4.79 Å². The third-order valence-electron chi connectivity index (χ3n) is 5.91. The Morgan fingerprint density at radius 3 is 2.56 bits per heavy atom. The summed E-state index contributed by atoms with van der Waals surface area (Å²) in [5.74, 6) is -0.0937. The molecule has 11 heteroatoms. The molecule has 0 unspecified atom stereocenters. The van der Waals surface area contributed by atoms with Crippen molar-refractivity contribution in [3.63, 3.8) is 0 Å². The first kappa shape index (κ1) is 23.3. The number of amides is 1. The lowest BCUT2D eigenvalue weighted by Gasteiger charge is -2.34. The zero-order chi connectivity index (χ0) is 23.8. The largest absolute Gasteiger partial charge is 0.335 e. The number of nitrogens with zero attached hydrogens (tertiary/aromatic N) is 7. The minimum Gasteiger partial charge on any atom is -0.335 e. The van der Waals surface area contributed by atoms with Gasteiger partial charge in [-0.05, 0) is 46.6 Å². The molecule has 0 spiro atoms. The van der Waals surface area contributed by atoms with Crippen LogP contribution in [0.5, 0.6) is 0 Å². The van der Waals surface area contributed by atoms with Gasteiger partial charge in [0.1, 0.15) is 5.69 Å². The Kier molecular flexibility index (Phi) is 6.61. The van der Waals surface area contributed by atoms with E-state index in [9.17, 15) is 4.79 Å². The van der Waals surface area contributed by atoms with Gasteiger partial charge in [0.15, 0.2) is 11.3 Å². The molecule has 34 heavy (non-hydrogen) atoms. The average molecular weight is 563 g/mol. The molecule has 176 valence electrons. The summed E-state index contributed by atoms with van der Waals surface area (Å²) in [6, 6.07) is 9.28. The number of carbonyl (C=O) groups is 1. The highest BCUT2D eigenvalue weighted by atomic mass is 79.9. The van der Waals surface area contributed by atoms with Crippen LogP contribution in [0, 0.1) is 0 Å². The molecule has 4 aromatic rings. The maximum absolute atomic E-state index is 13.2. The molecule has 4 heterocycles. The van der Waals surface area contributed by atoms with E-state index in [1.54, 1.807) is 16.8 Å². The van der Waals surface area contributed by atoms with Crippen LogP contribution in [0.2, 0.25) is 10.0 Å². The average Bonchev–Trinajstić information content (AvgIpc) is 3.45. The lowest BCUT2D eigenvalue weighted by molar-refractivity contribution is 0.0622. The third-order valence-corrected chi connectivity index (χ3v) is 7.23. The summed E-state index contributed by atoms with van der Waals surface area (Å²) in [5, 5.41) is 10.3. The van der Waals surface area contributed by atoms with Crippen molar-refractivity contribution in [2.75, 3.05) is 26.2 Å². The smallest absolute Gasteiger partial charge is 0.274 e. The number of hydrogen-bond donors (Lipinski definition) is 0. The highest BCUT2D eigenvalue weighted by Gasteiger charge is 2.25. The molecule has 1 aliphatic heterocycles. The van der Waals surface area contributed by atoms with Crippen LogP contribution >= 0.6 is 39.1 Å². The number of hydrogen-bond acceptors (Lipinski definition) is 5. The normalized spacial score (nSPS) is 14.8. The maximum Gasteiger partial charge on any atom is 0.274 e. The van der Waals surface area contributed by atoms with Crippen LogP contribution in [0.3, 0.4) is 0 Å². The van der Waals surface area contributed by atoms with Crippen molar-refractivity contribution in [1.82, 2.24) is 34.2 Å². The fourth-order valence-electron chi connectivity index (χ4n) is 4.08. The minimum atomic E-state index is -0.0937. The predicted molar refractivity (Wildman–Crippen MR) is 135 cm³/mol. The summed E-state index contributed by atoms with van der Waals surface area (Å²) >= 11 is 15.7. The second kappa shape index (κ2) is 9.65. The number of benzene rings is 1. The van der Waals surface area contributed by atoms with E-state index in [1.165, 1.54) is 0 Å². The number of aryl methyl sites for hydroxylation is 1. The minimum absolute atomic E-state index is 0.0937. The van der Waals surface area contributed by atoms with Gasteiger partial charge < -0.3 is 4.90 Å². The Morgan fingerprint density at radius 1 is 1.06 bits per heavy atom. The Morgan fingerprint density at radius 2 is 1.85 bits per heavy atom. The van der Waals surface area contributed by atoms with Crippen molar-refractivity contribution in [2.24, 2.45) is 0 Å². The first-order valence-electron chi connectivity index (χ1n) is 11.0. The molecular weight excluding hydrogens is 541 g/mol. The van der Waals surface area contributed by atoms with Crippen molar-refractivity contribution in [2.45, 2.75) is 20.0 Å². The van der Waals surface area contributed by atoms with E-state index in [4.69, 9.17) is 23.2 Å². The van der Waals surface area contributed by atoms with Gasteiger partial charge in [-0.1, -0.05) is 29.3 Å². The molecule has 5 rings (SSSR count). The van der Waals surface area contributed by atoms with Crippen LogP contribution in [0.4, 0.5) is 0 Å². The zero-order valence-corrected chi connectivity index (χ0v) is 21.6. The Balaban J connectivity index is 1.30. The quantitative estimate of drug-likeness (QED) is 0.354. The summed E-state index contributed by atoms with van der Waals surface area (Å²) in [6.07, 6.45) is 3.63. The summed E-state index contributed by atoms with van der Waals surface area (Å²) in [5.41, 5.74) is 3.62. The molecular formula is C23H22BrCl2N7O. The van der Waals surface area contributed by atoms with Crippen molar-refractivity contribution in [1.29, 1.82) is 0 Å². The van der Waals surface area contributed by atoms with Gasteiger partial charge in [0.05, 0.1) is 20.2 Å². The molecule has 1 amide bonds. The lowest BCUT2D eigenvalue weighted by atomic mass is 10.2. The van der Waals surface area contributed by atoms with E-state index in [1.807, 2.05) is 47.0 Å². The van der Waals surface area contributed by atoms with Crippen molar-refractivity contribution in [3.05, 3.63) is 68.5 Å². The SMILES string of the molecule is CCn1cc(Br)c(-c2ccnc3cc(C(=O)N4CCN(Cc5ccc(Cl)c(Cl)c5)CC4)nn23)n1. The zero-order valence-electron chi connectivity index (χ0n) is 18.5. The van der Waals surface area contributed by atoms with Gasteiger partial charge in [-0.15, -0.1) is 0 Å². The predicted octanol–water partition coefficient (Wildman–Crippen LogP) is 4.64. The fraction of sp³-hybridized carbons (Fsp3) is 0.304. The van der Waals surface area contributed by atoms with Gasteiger partial charge >= 0.3 is 0 Å². The van der Waals surface area contributed by atoms with Gasteiger partial charge in [-0.25, -0.2) is 9.50 Å². The van der Waals surface area contributed by atoms with Crippen LogP contribution in [0.1, 0.15) is 23.0 Å². The fourth-order valence-corrected chi connectivity index (χ4v) is 4.92. The number of halogens is 3. The van der Waals surface area contributed by atoms with E-state index in [-0.39, 0.29) is 5.91 Å². The van der Waals surface area contributed by atoms with Gasteiger partial charge in [0.2, 0.25) is 0 Å². The van der Waals surface area contributed by atoms with E-state index in [0.29, 0.717) is 34.5 Å². The van der Waals surface area contributed by atoms with Crippen LogP contribution in [-0.4, -0.2) is 66.3 Å². The van der Waals surface area contributed by atoms with Gasteiger partial charge in [-0.2, -0.15) is 10.2 Å². The molecule has 3 aromatic heterocycles. The molecule has 1 aromatic carbocycles. The molecule has 0 radical (unpaired) electrons. The van der Waals surface area contributed by atoms with Gasteiger partial charge in [-0.3, -0.25) is 14.4 Å². The van der Waals surface area contributed by atoms with Crippen molar-refractivity contribution >= 4 is 50.7 Å². The Bertz CT molecular complexity index is 1360. The standard InChI is InChI=1S/C23H22BrCl2N7O/c1-2-32-14-16(24)22(29-32)20-5-6-27-21-12-19(28-33(20)21)23(34)31-9-7-30(8-10-31)13-15-3-4-17(25)18(26)11-15/h3-6,11-12,14H,2,7-10,13H2,1H3. The van der Waals surface area contributed by atoms with E-state index >= 15 is 0 Å². The molecule has 0 N–H and O–H groups in total. The molecule has 0 bridgehead atoms. The summed E-state index contributed by atoms with van der Waals surface area (Å²) in [7, 11) is 0. The molecule has 8 nitrogen and oxygen atoms in total. The monoisotopic (exact) mass is 561 g/mol. The van der Waals surface area contributed by atoms with E-state index in [0.717, 1.165) is 47.6 Å². The highest BCUT2D eigenvalue weighted by Crippen LogP contribution is 2.27. The number of carbonyl (C=O) groups excluding carboxylic acids is 1. The molecule has 0 saturated carbocycles. The Hall–Kier alpha value is -2.46.